The number of phenolic OH excluding ortho intramolecular Hbond substituents is 1. The zero-order valence-electron chi connectivity index (χ0n) is 10.3. The van der Waals surface area contributed by atoms with Crippen LogP contribution in [0.25, 0.3) is 11.0 Å². The van der Waals surface area contributed by atoms with Crippen LogP contribution in [0.15, 0.2) is 33.5 Å². The molecule has 2 rings (SSSR count). The van der Waals surface area contributed by atoms with E-state index in [9.17, 15) is 19.5 Å². The van der Waals surface area contributed by atoms with E-state index in [1.807, 2.05) is 0 Å². The van der Waals surface area contributed by atoms with Crippen LogP contribution in [0.1, 0.15) is 5.56 Å². The maximum Gasteiger partial charge on any atom is 0.336 e. The number of nitrogens with one attached hydrogen (secondary N) is 1. The van der Waals surface area contributed by atoms with Gasteiger partial charge in [0.05, 0.1) is 6.42 Å². The third-order valence-electron chi connectivity index (χ3n) is 2.60. The molecule has 7 heteroatoms. The first-order valence-electron chi connectivity index (χ1n) is 5.70. The Morgan fingerprint density at radius 2 is 2.00 bits per heavy atom. The van der Waals surface area contributed by atoms with Crippen molar-refractivity contribution in [3.05, 3.63) is 40.2 Å². The Kier molecular flexibility index (Phi) is 3.69. The van der Waals surface area contributed by atoms with Crippen molar-refractivity contribution in [1.29, 1.82) is 0 Å². The number of aromatic hydroxyl groups is 1. The second kappa shape index (κ2) is 5.43. The van der Waals surface area contributed by atoms with Crippen molar-refractivity contribution in [2.75, 3.05) is 6.54 Å². The molecular formula is C13H11NO6. The average Bonchev–Trinajstić information content (AvgIpc) is 2.35. The Morgan fingerprint density at radius 3 is 2.70 bits per heavy atom. The fourth-order valence-electron chi connectivity index (χ4n) is 1.77. The summed E-state index contributed by atoms with van der Waals surface area (Å²) in [6, 6.07) is 5.36. The van der Waals surface area contributed by atoms with Crippen molar-refractivity contribution in [2.24, 2.45) is 0 Å². The number of hydrogen-bond acceptors (Lipinski definition) is 5. The summed E-state index contributed by atoms with van der Waals surface area (Å²) in [5.74, 6) is -1.73. The summed E-state index contributed by atoms with van der Waals surface area (Å²) < 4.78 is 4.92. The minimum absolute atomic E-state index is 0.0619. The van der Waals surface area contributed by atoms with Gasteiger partial charge in [-0.2, -0.15) is 0 Å². The summed E-state index contributed by atoms with van der Waals surface area (Å²) in [4.78, 5) is 33.3. The molecule has 2 aromatic rings. The Hall–Kier alpha value is -2.83. The lowest BCUT2D eigenvalue weighted by Crippen LogP contribution is -2.30. The quantitative estimate of drug-likeness (QED) is 0.689. The van der Waals surface area contributed by atoms with Crippen molar-refractivity contribution < 1.29 is 24.2 Å². The van der Waals surface area contributed by atoms with Crippen LogP contribution in [0.2, 0.25) is 0 Å². The van der Waals surface area contributed by atoms with Gasteiger partial charge in [-0.15, -0.1) is 0 Å². The van der Waals surface area contributed by atoms with E-state index < -0.39 is 24.0 Å². The van der Waals surface area contributed by atoms with E-state index in [-0.39, 0.29) is 17.8 Å². The minimum atomic E-state index is -1.15. The number of phenols is 1. The molecular weight excluding hydrogens is 266 g/mol. The fraction of sp³-hybridized carbons (Fsp3) is 0.154. The third-order valence-corrected chi connectivity index (χ3v) is 2.60. The fourth-order valence-corrected chi connectivity index (χ4v) is 1.77. The molecule has 3 N–H and O–H groups in total. The summed E-state index contributed by atoms with van der Waals surface area (Å²) in [5.41, 5.74) is -0.0817. The highest BCUT2D eigenvalue weighted by Crippen LogP contribution is 2.21. The van der Waals surface area contributed by atoms with Gasteiger partial charge < -0.3 is 19.9 Å². The number of benzene rings is 1. The molecule has 0 atom stereocenters. The largest absolute Gasteiger partial charge is 0.508 e. The number of carbonyl (C=O) groups excluding carboxylic acids is 1. The van der Waals surface area contributed by atoms with Crippen LogP contribution in [-0.4, -0.2) is 28.6 Å². The predicted molar refractivity (Wildman–Crippen MR) is 68.5 cm³/mol. The minimum Gasteiger partial charge on any atom is -0.508 e. The first-order valence-corrected chi connectivity index (χ1v) is 5.70. The molecule has 0 saturated carbocycles. The molecule has 0 spiro atoms. The maximum absolute atomic E-state index is 11.6. The van der Waals surface area contributed by atoms with Gasteiger partial charge in [0.1, 0.15) is 17.9 Å². The van der Waals surface area contributed by atoms with Crippen molar-refractivity contribution in [1.82, 2.24) is 5.32 Å². The van der Waals surface area contributed by atoms with Crippen molar-refractivity contribution >= 4 is 22.8 Å². The topological polar surface area (TPSA) is 117 Å². The van der Waals surface area contributed by atoms with Gasteiger partial charge in [-0.05, 0) is 17.7 Å². The normalized spacial score (nSPS) is 10.4. The summed E-state index contributed by atoms with van der Waals surface area (Å²) in [7, 11) is 0. The van der Waals surface area contributed by atoms with Gasteiger partial charge in [0.2, 0.25) is 5.91 Å². The van der Waals surface area contributed by atoms with Gasteiger partial charge in [-0.25, -0.2) is 4.79 Å². The zero-order valence-corrected chi connectivity index (χ0v) is 10.3. The molecule has 20 heavy (non-hydrogen) atoms. The molecule has 0 aliphatic rings. The lowest BCUT2D eigenvalue weighted by Gasteiger charge is -2.06. The van der Waals surface area contributed by atoms with E-state index in [0.717, 1.165) is 0 Å². The Morgan fingerprint density at radius 1 is 1.25 bits per heavy atom. The first kappa shape index (κ1) is 13.6. The maximum atomic E-state index is 11.6. The molecule has 1 amide bonds. The lowest BCUT2D eigenvalue weighted by atomic mass is 10.1. The first-order chi connectivity index (χ1) is 9.45. The molecule has 1 aromatic carbocycles. The number of aliphatic carboxylic acids is 1. The molecule has 1 aromatic heterocycles. The van der Waals surface area contributed by atoms with E-state index >= 15 is 0 Å². The van der Waals surface area contributed by atoms with Crippen LogP contribution in [0.5, 0.6) is 5.75 Å². The Labute approximate surface area is 112 Å². The second-order valence-corrected chi connectivity index (χ2v) is 4.12. The van der Waals surface area contributed by atoms with Crippen LogP contribution >= 0.6 is 0 Å². The van der Waals surface area contributed by atoms with Gasteiger partial charge >= 0.3 is 11.6 Å². The van der Waals surface area contributed by atoms with E-state index in [4.69, 9.17) is 9.52 Å². The molecule has 0 bridgehead atoms. The van der Waals surface area contributed by atoms with Crippen LogP contribution in [0, 0.1) is 0 Å². The molecule has 0 aliphatic carbocycles. The van der Waals surface area contributed by atoms with E-state index in [1.54, 1.807) is 0 Å². The molecule has 0 aliphatic heterocycles. The van der Waals surface area contributed by atoms with E-state index in [0.29, 0.717) is 10.9 Å². The molecule has 0 unspecified atom stereocenters. The van der Waals surface area contributed by atoms with Crippen LogP contribution in [0.4, 0.5) is 0 Å². The monoisotopic (exact) mass is 277 g/mol. The second-order valence-electron chi connectivity index (χ2n) is 4.12. The van der Waals surface area contributed by atoms with Crippen molar-refractivity contribution in [3.63, 3.8) is 0 Å². The van der Waals surface area contributed by atoms with Gasteiger partial charge in [-0.1, -0.05) is 0 Å². The number of carboxylic acid groups (broad SMARTS) is 1. The molecule has 7 nitrogen and oxygen atoms in total. The molecule has 104 valence electrons. The number of rotatable bonds is 4. The number of fused-ring (bicyclic) bond motifs is 1. The summed E-state index contributed by atoms with van der Waals surface area (Å²) in [5, 5.41) is 20.5. The Bertz CT molecular complexity index is 733. The third kappa shape index (κ3) is 3.14. The van der Waals surface area contributed by atoms with E-state index in [1.165, 1.54) is 24.3 Å². The van der Waals surface area contributed by atoms with Gasteiger partial charge in [0, 0.05) is 17.5 Å². The summed E-state index contributed by atoms with van der Waals surface area (Å²) in [6.45, 7) is -0.487. The van der Waals surface area contributed by atoms with Crippen LogP contribution in [-0.2, 0) is 16.0 Å². The highest BCUT2D eigenvalue weighted by Gasteiger charge is 2.11. The molecule has 0 saturated heterocycles. The predicted octanol–water partition coefficient (Wildman–Crippen LogP) is 0.242. The van der Waals surface area contributed by atoms with Gasteiger partial charge in [-0.3, -0.25) is 9.59 Å². The van der Waals surface area contributed by atoms with Gasteiger partial charge in [0.25, 0.3) is 0 Å². The highest BCUT2D eigenvalue weighted by atomic mass is 16.4. The molecule has 1 heterocycles. The van der Waals surface area contributed by atoms with Gasteiger partial charge in [0.15, 0.2) is 0 Å². The number of hydrogen-bond donors (Lipinski definition) is 3. The SMILES string of the molecule is O=C(O)CNC(=O)Cc1cc(=O)oc2cc(O)ccc12. The van der Waals surface area contributed by atoms with E-state index in [2.05, 4.69) is 5.32 Å². The zero-order chi connectivity index (χ0) is 14.7. The highest BCUT2D eigenvalue weighted by molar-refractivity contribution is 5.88. The Balaban J connectivity index is 2.32. The number of amides is 1. The summed E-state index contributed by atoms with van der Waals surface area (Å²) >= 11 is 0. The smallest absolute Gasteiger partial charge is 0.336 e. The number of carbonyl (C=O) groups is 2. The summed E-state index contributed by atoms with van der Waals surface area (Å²) in [6.07, 6.45) is -0.153. The van der Waals surface area contributed by atoms with Crippen LogP contribution < -0.4 is 10.9 Å². The van der Waals surface area contributed by atoms with Crippen molar-refractivity contribution in [2.45, 2.75) is 6.42 Å². The van der Waals surface area contributed by atoms with Crippen LogP contribution in [0.3, 0.4) is 0 Å². The molecule has 0 radical (unpaired) electrons. The number of carboxylic acids is 1. The van der Waals surface area contributed by atoms with Crippen molar-refractivity contribution in [3.8, 4) is 5.75 Å². The molecule has 0 fully saturated rings. The standard InChI is InChI=1S/C13H11NO6/c15-8-1-2-9-7(3-11(16)14-6-12(17)18)4-13(19)20-10(9)5-8/h1-2,4-5,15H,3,6H2,(H,14,16)(H,17,18). The lowest BCUT2D eigenvalue weighted by molar-refractivity contribution is -0.137. The average molecular weight is 277 g/mol.